The van der Waals surface area contributed by atoms with Crippen molar-refractivity contribution in [2.75, 3.05) is 0 Å². The summed E-state index contributed by atoms with van der Waals surface area (Å²) in [5.41, 5.74) is -0.0300. The van der Waals surface area contributed by atoms with Gasteiger partial charge in [-0.3, -0.25) is 0 Å². The van der Waals surface area contributed by atoms with Gasteiger partial charge in [0.25, 0.3) is 0 Å². The maximum Gasteiger partial charge on any atom is 0.337 e. The Morgan fingerprint density at radius 1 is 1.25 bits per heavy atom. The van der Waals surface area contributed by atoms with Gasteiger partial charge in [-0.05, 0) is 6.07 Å². The molecule has 0 aromatic rings. The van der Waals surface area contributed by atoms with E-state index in [0.29, 0.717) is 5.56 Å². The highest BCUT2D eigenvalue weighted by atomic mass is 19.1. The third-order valence-corrected chi connectivity index (χ3v) is 1.58. The van der Waals surface area contributed by atoms with Gasteiger partial charge in [-0.15, -0.1) is 0 Å². The quantitative estimate of drug-likeness (QED) is 0.595. The summed E-state index contributed by atoms with van der Waals surface area (Å²) < 4.78 is 17.6. The fourth-order valence-electron chi connectivity index (χ4n) is 1.07. The second-order valence-corrected chi connectivity index (χ2v) is 2.42. The highest BCUT2D eigenvalue weighted by molar-refractivity contribution is 5.58. The second kappa shape index (κ2) is 2.44. The van der Waals surface area contributed by atoms with Gasteiger partial charge in [-0.25, -0.2) is 9.18 Å². The van der Waals surface area contributed by atoms with Gasteiger partial charge in [-0.2, -0.15) is 0 Å². The van der Waals surface area contributed by atoms with Crippen LogP contribution in [-0.2, 0) is 0 Å². The highest BCUT2D eigenvalue weighted by Crippen LogP contribution is 2.21. The Balaban J connectivity index is 2.87. The molecule has 0 saturated carbocycles. The van der Waals surface area contributed by atoms with Crippen molar-refractivity contribution >= 4 is 0 Å². The van der Waals surface area contributed by atoms with Crippen molar-refractivity contribution in [3.05, 3.63) is 46.6 Å². The second-order valence-electron chi connectivity index (χ2n) is 2.42. The van der Waals surface area contributed by atoms with Crippen LogP contribution in [0.25, 0.3) is 11.3 Å². The molecule has 1 aliphatic heterocycles. The summed E-state index contributed by atoms with van der Waals surface area (Å²) >= 11 is 0. The highest BCUT2D eigenvalue weighted by Gasteiger charge is 2.10. The molecule has 1 aliphatic carbocycles. The molecule has 0 saturated heterocycles. The monoisotopic (exact) mass is 164 g/mol. The van der Waals surface area contributed by atoms with Crippen molar-refractivity contribution < 1.29 is 8.81 Å². The lowest BCUT2D eigenvalue weighted by molar-refractivity contribution is 0.503. The van der Waals surface area contributed by atoms with Crippen molar-refractivity contribution in [2.24, 2.45) is 0 Å². The minimum Gasteiger partial charge on any atom is -0.420 e. The van der Waals surface area contributed by atoms with Crippen LogP contribution < -0.4 is 5.63 Å². The van der Waals surface area contributed by atoms with Crippen LogP contribution in [0.2, 0.25) is 0 Å². The SMILES string of the molecule is O=c1cc2ccccc(F)c-2o1. The summed E-state index contributed by atoms with van der Waals surface area (Å²) in [5, 5.41) is 0. The van der Waals surface area contributed by atoms with E-state index in [4.69, 9.17) is 0 Å². The molecule has 2 nitrogen and oxygen atoms in total. The third kappa shape index (κ3) is 0.993. The average molecular weight is 164 g/mol. The van der Waals surface area contributed by atoms with Gasteiger partial charge in [0.2, 0.25) is 0 Å². The number of halogens is 1. The molecule has 2 rings (SSSR count). The maximum absolute atomic E-state index is 13.0. The Bertz CT molecular complexity index is 433. The molecule has 0 aromatic carbocycles. The largest absolute Gasteiger partial charge is 0.420 e. The molecule has 0 aromatic heterocycles. The smallest absolute Gasteiger partial charge is 0.337 e. The van der Waals surface area contributed by atoms with Crippen LogP contribution in [0.4, 0.5) is 4.39 Å². The fourth-order valence-corrected chi connectivity index (χ4v) is 1.07. The van der Waals surface area contributed by atoms with Crippen molar-refractivity contribution in [1.29, 1.82) is 0 Å². The van der Waals surface area contributed by atoms with Gasteiger partial charge in [-0.1, -0.05) is 18.2 Å². The van der Waals surface area contributed by atoms with E-state index in [1.165, 1.54) is 12.1 Å². The maximum atomic E-state index is 13.0. The van der Waals surface area contributed by atoms with Crippen molar-refractivity contribution in [2.45, 2.75) is 0 Å². The molecular weight excluding hydrogens is 159 g/mol. The number of furan rings is 1. The molecule has 0 radical (unpaired) electrons. The van der Waals surface area contributed by atoms with Crippen molar-refractivity contribution in [3.8, 4) is 11.3 Å². The first-order valence-corrected chi connectivity index (χ1v) is 3.46. The first-order valence-electron chi connectivity index (χ1n) is 3.46. The lowest BCUT2D eigenvalue weighted by Gasteiger charge is -1.86. The zero-order chi connectivity index (χ0) is 8.55. The number of rotatable bonds is 0. The molecule has 0 N–H and O–H groups in total. The first kappa shape index (κ1) is 7.03. The summed E-state index contributed by atoms with van der Waals surface area (Å²) in [6, 6.07) is 7.35. The minimum absolute atomic E-state index is 0.0185. The molecule has 0 fully saturated rings. The molecule has 0 atom stereocenters. The Kier molecular flexibility index (Phi) is 1.43. The van der Waals surface area contributed by atoms with Crippen molar-refractivity contribution in [1.82, 2.24) is 0 Å². The molecule has 1 heterocycles. The van der Waals surface area contributed by atoms with Gasteiger partial charge in [0.15, 0.2) is 11.6 Å². The molecule has 0 bridgehead atoms. The van der Waals surface area contributed by atoms with E-state index in [9.17, 15) is 9.18 Å². The van der Waals surface area contributed by atoms with Crippen LogP contribution in [-0.4, -0.2) is 0 Å². The molecule has 0 amide bonds. The van der Waals surface area contributed by atoms with Gasteiger partial charge in [0.05, 0.1) is 0 Å². The Labute approximate surface area is 67.6 Å². The van der Waals surface area contributed by atoms with Crippen molar-refractivity contribution in [3.63, 3.8) is 0 Å². The van der Waals surface area contributed by atoms with E-state index < -0.39 is 11.4 Å². The summed E-state index contributed by atoms with van der Waals surface area (Å²) in [6.45, 7) is 0. The topological polar surface area (TPSA) is 30.2 Å². The average Bonchev–Trinajstić information content (AvgIpc) is 2.33. The lowest BCUT2D eigenvalue weighted by Crippen LogP contribution is -1.84. The molecule has 2 aliphatic rings. The molecule has 60 valence electrons. The van der Waals surface area contributed by atoms with Crippen LogP contribution >= 0.6 is 0 Å². The summed E-state index contributed by atoms with van der Waals surface area (Å²) in [4.78, 5) is 10.7. The van der Waals surface area contributed by atoms with E-state index >= 15 is 0 Å². The number of hydrogen-bond acceptors (Lipinski definition) is 2. The van der Waals surface area contributed by atoms with Crippen LogP contribution in [0.15, 0.2) is 39.5 Å². The van der Waals surface area contributed by atoms with E-state index in [1.54, 1.807) is 18.2 Å². The molecule has 12 heavy (non-hydrogen) atoms. The molecule has 3 heteroatoms. The van der Waals surface area contributed by atoms with E-state index in [2.05, 4.69) is 4.42 Å². The van der Waals surface area contributed by atoms with Gasteiger partial charge >= 0.3 is 5.63 Å². The summed E-state index contributed by atoms with van der Waals surface area (Å²) in [5.74, 6) is -0.498. The predicted molar refractivity (Wildman–Crippen MR) is 41.6 cm³/mol. The van der Waals surface area contributed by atoms with Crippen LogP contribution in [0.3, 0.4) is 0 Å². The number of hydrogen-bond donors (Lipinski definition) is 0. The van der Waals surface area contributed by atoms with Crippen LogP contribution in [0.5, 0.6) is 0 Å². The lowest BCUT2D eigenvalue weighted by atomic mass is 10.2. The van der Waals surface area contributed by atoms with Crippen LogP contribution in [0, 0.1) is 5.82 Å². The van der Waals surface area contributed by atoms with Crippen LogP contribution in [0.1, 0.15) is 0 Å². The summed E-state index contributed by atoms with van der Waals surface area (Å²) in [7, 11) is 0. The zero-order valence-corrected chi connectivity index (χ0v) is 6.08. The minimum atomic E-state index is -0.518. The van der Waals surface area contributed by atoms with E-state index in [-0.39, 0.29) is 5.76 Å². The molecule has 0 spiro atoms. The van der Waals surface area contributed by atoms with E-state index in [1.807, 2.05) is 0 Å². The number of fused-ring (bicyclic) bond motifs is 1. The molecular formula is C9H5FO2. The van der Waals surface area contributed by atoms with Gasteiger partial charge < -0.3 is 4.42 Å². The Morgan fingerprint density at radius 3 is 2.83 bits per heavy atom. The standard InChI is InChI=1S/C9H5FO2/c10-7-4-2-1-3-6-5-8(11)12-9(6)7/h1-5H. The van der Waals surface area contributed by atoms with Gasteiger partial charge in [0.1, 0.15) is 0 Å². The third-order valence-electron chi connectivity index (χ3n) is 1.58. The normalized spacial score (nSPS) is 10.4. The Hall–Kier alpha value is -1.64. The fraction of sp³-hybridized carbons (Fsp3) is 0. The Morgan fingerprint density at radius 2 is 2.00 bits per heavy atom. The first-order chi connectivity index (χ1) is 5.77. The molecule has 0 unspecified atom stereocenters. The van der Waals surface area contributed by atoms with E-state index in [0.717, 1.165) is 0 Å². The predicted octanol–water partition coefficient (Wildman–Crippen LogP) is 1.88. The summed E-state index contributed by atoms with van der Waals surface area (Å²) in [6.07, 6.45) is 0. The van der Waals surface area contributed by atoms with Gasteiger partial charge in [0, 0.05) is 11.6 Å². The zero-order valence-electron chi connectivity index (χ0n) is 6.08.